The number of nitrogens with two attached hydrogens (primary N) is 1. The van der Waals surface area contributed by atoms with Crippen LogP contribution in [0.1, 0.15) is 12.5 Å². The largest absolute Gasteiger partial charge is 0.329 e. The molecule has 110 valence electrons. The van der Waals surface area contributed by atoms with Crippen LogP contribution in [0.5, 0.6) is 0 Å². The van der Waals surface area contributed by atoms with Crippen molar-refractivity contribution in [2.75, 3.05) is 13.6 Å². The summed E-state index contributed by atoms with van der Waals surface area (Å²) in [5, 5.41) is 0.837. The minimum absolute atomic E-state index is 0. The lowest BCUT2D eigenvalue weighted by molar-refractivity contribution is 0.394. The standard InChI is InChI=1S/C11H16Cl2N2O2S.ClH/c1-8(6-14)15(2)18(16,17)7-9-3-10(12)5-11(13)4-9;/h3-5,8H,6-7,14H2,1-2H3;1H. The third-order valence-corrected chi connectivity index (χ3v) is 5.04. The van der Waals surface area contributed by atoms with E-state index in [1.165, 1.54) is 11.4 Å². The molecule has 0 aliphatic rings. The smallest absolute Gasteiger partial charge is 0.218 e. The van der Waals surface area contributed by atoms with Gasteiger partial charge in [0.25, 0.3) is 0 Å². The molecular formula is C11H17Cl3N2O2S. The molecule has 1 aromatic rings. The molecule has 0 aliphatic heterocycles. The number of halogens is 3. The Kier molecular flexibility index (Phi) is 7.65. The summed E-state index contributed by atoms with van der Waals surface area (Å²) in [6.45, 7) is 2.02. The Hall–Kier alpha value is -0.0400. The van der Waals surface area contributed by atoms with Gasteiger partial charge in [0.15, 0.2) is 0 Å². The van der Waals surface area contributed by atoms with Crippen molar-refractivity contribution in [2.24, 2.45) is 5.73 Å². The van der Waals surface area contributed by atoms with Crippen LogP contribution >= 0.6 is 35.6 Å². The molecule has 1 aromatic carbocycles. The summed E-state index contributed by atoms with van der Waals surface area (Å²) in [4.78, 5) is 0. The fourth-order valence-electron chi connectivity index (χ4n) is 1.43. The number of sulfonamides is 1. The summed E-state index contributed by atoms with van der Waals surface area (Å²) in [5.41, 5.74) is 6.02. The molecule has 0 aliphatic carbocycles. The maximum Gasteiger partial charge on any atom is 0.218 e. The van der Waals surface area contributed by atoms with E-state index in [9.17, 15) is 8.42 Å². The van der Waals surface area contributed by atoms with E-state index in [1.807, 2.05) is 0 Å². The van der Waals surface area contributed by atoms with E-state index in [4.69, 9.17) is 28.9 Å². The third kappa shape index (κ3) is 5.45. The first-order chi connectivity index (χ1) is 8.26. The summed E-state index contributed by atoms with van der Waals surface area (Å²) in [6, 6.07) is 4.49. The maximum absolute atomic E-state index is 12.1. The molecule has 1 rings (SSSR count). The first-order valence-electron chi connectivity index (χ1n) is 5.37. The van der Waals surface area contributed by atoms with Gasteiger partial charge in [-0.3, -0.25) is 0 Å². The van der Waals surface area contributed by atoms with Crippen molar-refractivity contribution in [1.29, 1.82) is 0 Å². The number of likely N-dealkylation sites (N-methyl/N-ethyl adjacent to an activating group) is 1. The second-order valence-electron chi connectivity index (χ2n) is 4.13. The summed E-state index contributed by atoms with van der Waals surface area (Å²) in [7, 11) is -1.91. The molecule has 0 saturated heterocycles. The SMILES string of the molecule is CC(CN)N(C)S(=O)(=O)Cc1cc(Cl)cc(Cl)c1.Cl. The third-order valence-electron chi connectivity index (χ3n) is 2.67. The molecule has 0 aromatic heterocycles. The van der Waals surface area contributed by atoms with Gasteiger partial charge in [0.2, 0.25) is 10.0 Å². The molecule has 0 bridgehead atoms. The van der Waals surface area contributed by atoms with Gasteiger partial charge < -0.3 is 5.73 Å². The summed E-state index contributed by atoms with van der Waals surface area (Å²) < 4.78 is 25.5. The fraction of sp³-hybridized carbons (Fsp3) is 0.455. The first-order valence-corrected chi connectivity index (χ1v) is 7.73. The second-order valence-corrected chi connectivity index (χ2v) is 7.04. The minimum atomic E-state index is -3.42. The number of hydrogen-bond donors (Lipinski definition) is 1. The Morgan fingerprint density at radius 2 is 1.74 bits per heavy atom. The van der Waals surface area contributed by atoms with E-state index in [0.717, 1.165) is 0 Å². The van der Waals surface area contributed by atoms with E-state index >= 15 is 0 Å². The summed E-state index contributed by atoms with van der Waals surface area (Å²) >= 11 is 11.7. The maximum atomic E-state index is 12.1. The molecule has 4 nitrogen and oxygen atoms in total. The molecule has 0 saturated carbocycles. The lowest BCUT2D eigenvalue weighted by atomic mass is 10.2. The predicted molar refractivity (Wildman–Crippen MR) is 82.6 cm³/mol. The highest BCUT2D eigenvalue weighted by molar-refractivity contribution is 7.88. The van der Waals surface area contributed by atoms with E-state index < -0.39 is 10.0 Å². The van der Waals surface area contributed by atoms with Crippen LogP contribution < -0.4 is 5.73 Å². The van der Waals surface area contributed by atoms with Crippen LogP contribution in [-0.4, -0.2) is 32.4 Å². The predicted octanol–water partition coefficient (Wildman–Crippen LogP) is 2.52. The van der Waals surface area contributed by atoms with Crippen LogP contribution in [0.2, 0.25) is 10.0 Å². The van der Waals surface area contributed by atoms with E-state index in [-0.39, 0.29) is 30.7 Å². The number of nitrogens with zero attached hydrogens (tertiary/aromatic N) is 1. The van der Waals surface area contributed by atoms with Crippen LogP contribution in [0.15, 0.2) is 18.2 Å². The van der Waals surface area contributed by atoms with E-state index in [1.54, 1.807) is 25.1 Å². The zero-order valence-corrected chi connectivity index (χ0v) is 13.8. The lowest BCUT2D eigenvalue weighted by Crippen LogP contribution is -2.40. The average molecular weight is 348 g/mol. The average Bonchev–Trinajstić information content (AvgIpc) is 2.24. The van der Waals surface area contributed by atoms with Gasteiger partial charge in [-0.2, -0.15) is 0 Å². The highest BCUT2D eigenvalue weighted by Gasteiger charge is 2.22. The topological polar surface area (TPSA) is 63.4 Å². The molecule has 8 heteroatoms. The molecule has 0 spiro atoms. The van der Waals surface area contributed by atoms with Gasteiger partial charge in [0.05, 0.1) is 5.75 Å². The van der Waals surface area contributed by atoms with Gasteiger partial charge in [-0.25, -0.2) is 12.7 Å². The first kappa shape index (κ1) is 19.0. The van der Waals surface area contributed by atoms with Gasteiger partial charge in [-0.15, -0.1) is 12.4 Å². The normalized spacial score (nSPS) is 13.2. The van der Waals surface area contributed by atoms with Crippen molar-refractivity contribution in [3.05, 3.63) is 33.8 Å². The van der Waals surface area contributed by atoms with Crippen LogP contribution in [-0.2, 0) is 15.8 Å². The van der Waals surface area contributed by atoms with Crippen molar-refractivity contribution in [2.45, 2.75) is 18.7 Å². The zero-order chi connectivity index (χ0) is 13.9. The minimum Gasteiger partial charge on any atom is -0.329 e. The Balaban J connectivity index is 0.00000324. The van der Waals surface area contributed by atoms with Crippen LogP contribution in [0.3, 0.4) is 0 Å². The number of benzene rings is 1. The van der Waals surface area contributed by atoms with Gasteiger partial charge >= 0.3 is 0 Å². The van der Waals surface area contributed by atoms with Crippen LogP contribution in [0.25, 0.3) is 0 Å². The van der Waals surface area contributed by atoms with E-state index in [2.05, 4.69) is 0 Å². The molecule has 0 fully saturated rings. The monoisotopic (exact) mass is 346 g/mol. The molecule has 2 N–H and O–H groups in total. The van der Waals surface area contributed by atoms with E-state index in [0.29, 0.717) is 15.6 Å². The molecule has 1 unspecified atom stereocenters. The van der Waals surface area contributed by atoms with Crippen LogP contribution in [0, 0.1) is 0 Å². The van der Waals surface area contributed by atoms with Gasteiger partial charge in [0, 0.05) is 29.7 Å². The molecule has 0 amide bonds. The highest BCUT2D eigenvalue weighted by Crippen LogP contribution is 2.21. The quantitative estimate of drug-likeness (QED) is 0.890. The number of hydrogen-bond acceptors (Lipinski definition) is 3. The number of rotatable bonds is 5. The Bertz CT molecular complexity index is 502. The Labute approximate surface area is 130 Å². The van der Waals surface area contributed by atoms with Crippen molar-refractivity contribution in [3.63, 3.8) is 0 Å². The summed E-state index contributed by atoms with van der Waals surface area (Å²) in [6.07, 6.45) is 0. The molecule has 0 radical (unpaired) electrons. The van der Waals surface area contributed by atoms with Gasteiger partial charge in [0.1, 0.15) is 0 Å². The highest BCUT2D eigenvalue weighted by atomic mass is 35.5. The van der Waals surface area contributed by atoms with Crippen molar-refractivity contribution in [1.82, 2.24) is 4.31 Å². The van der Waals surface area contributed by atoms with Gasteiger partial charge in [-0.1, -0.05) is 23.2 Å². The van der Waals surface area contributed by atoms with Gasteiger partial charge in [-0.05, 0) is 30.7 Å². The summed E-state index contributed by atoms with van der Waals surface area (Å²) in [5.74, 6) is -0.145. The zero-order valence-electron chi connectivity index (χ0n) is 10.6. The Morgan fingerprint density at radius 1 is 1.26 bits per heavy atom. The van der Waals surface area contributed by atoms with Crippen molar-refractivity contribution in [3.8, 4) is 0 Å². The van der Waals surface area contributed by atoms with Crippen molar-refractivity contribution >= 4 is 45.6 Å². The molecule has 0 heterocycles. The molecule has 19 heavy (non-hydrogen) atoms. The lowest BCUT2D eigenvalue weighted by Gasteiger charge is -2.23. The molecular weight excluding hydrogens is 331 g/mol. The fourth-order valence-corrected chi connectivity index (χ4v) is 3.43. The Morgan fingerprint density at radius 3 is 2.16 bits per heavy atom. The van der Waals surface area contributed by atoms with Crippen LogP contribution in [0.4, 0.5) is 0 Å². The molecule has 1 atom stereocenters. The second kappa shape index (κ2) is 7.67. The van der Waals surface area contributed by atoms with Crippen molar-refractivity contribution < 1.29 is 8.42 Å².